The van der Waals surface area contributed by atoms with Gasteiger partial charge in [0.2, 0.25) is 5.91 Å². The van der Waals surface area contributed by atoms with Crippen LogP contribution in [0.4, 0.5) is 0 Å². The minimum atomic E-state index is -0.846. The first-order valence-corrected chi connectivity index (χ1v) is 6.19. The normalized spacial score (nSPS) is 12.1. The van der Waals surface area contributed by atoms with Crippen molar-refractivity contribution in [3.63, 3.8) is 0 Å². The molecule has 0 saturated carbocycles. The van der Waals surface area contributed by atoms with Gasteiger partial charge in [0.05, 0.1) is 26.7 Å². The fourth-order valence-corrected chi connectivity index (χ4v) is 1.80. The molecule has 5 nitrogen and oxygen atoms in total. The van der Waals surface area contributed by atoms with Crippen molar-refractivity contribution in [1.82, 2.24) is 5.06 Å². The van der Waals surface area contributed by atoms with Gasteiger partial charge in [0.1, 0.15) is 5.75 Å². The fourth-order valence-electron chi connectivity index (χ4n) is 1.80. The molecule has 1 rings (SSSR count). The molecule has 0 fully saturated rings. The van der Waals surface area contributed by atoms with E-state index in [-0.39, 0.29) is 12.3 Å². The SMILES string of the molecule is CCc1cc(C(O)CC(=O)N(C)OC)ccc1OC. The Labute approximate surface area is 113 Å². The summed E-state index contributed by atoms with van der Waals surface area (Å²) in [5, 5.41) is 11.2. The molecular weight excluding hydrogens is 246 g/mol. The highest BCUT2D eigenvalue weighted by Gasteiger charge is 2.17. The molecule has 1 aromatic carbocycles. The van der Waals surface area contributed by atoms with Crippen molar-refractivity contribution in [2.45, 2.75) is 25.9 Å². The van der Waals surface area contributed by atoms with Crippen LogP contribution >= 0.6 is 0 Å². The van der Waals surface area contributed by atoms with Crippen LogP contribution in [0.5, 0.6) is 5.75 Å². The Morgan fingerprint density at radius 2 is 2.11 bits per heavy atom. The number of aliphatic hydroxyl groups is 1. The summed E-state index contributed by atoms with van der Waals surface area (Å²) in [6, 6.07) is 5.44. The van der Waals surface area contributed by atoms with Crippen LogP contribution in [0.25, 0.3) is 0 Å². The molecular formula is C14H21NO4. The van der Waals surface area contributed by atoms with E-state index in [9.17, 15) is 9.90 Å². The van der Waals surface area contributed by atoms with Gasteiger partial charge in [-0.3, -0.25) is 9.63 Å². The lowest BCUT2D eigenvalue weighted by atomic mass is 10.0. The Morgan fingerprint density at radius 1 is 1.42 bits per heavy atom. The van der Waals surface area contributed by atoms with Crippen LogP contribution in [0.1, 0.15) is 30.6 Å². The molecule has 0 aliphatic rings. The lowest BCUT2D eigenvalue weighted by molar-refractivity contribution is -0.170. The number of hydrogen-bond acceptors (Lipinski definition) is 4. The minimum Gasteiger partial charge on any atom is -0.496 e. The minimum absolute atomic E-state index is 0.0141. The number of hydrogen-bond donors (Lipinski definition) is 1. The van der Waals surface area contributed by atoms with Gasteiger partial charge >= 0.3 is 0 Å². The number of amides is 1. The largest absolute Gasteiger partial charge is 0.496 e. The average Bonchev–Trinajstić information content (AvgIpc) is 2.45. The molecule has 1 N–H and O–H groups in total. The molecule has 0 spiro atoms. The summed E-state index contributed by atoms with van der Waals surface area (Å²) in [7, 11) is 4.54. The molecule has 5 heteroatoms. The molecule has 1 unspecified atom stereocenters. The second-order valence-electron chi connectivity index (χ2n) is 4.22. The third-order valence-corrected chi connectivity index (χ3v) is 3.06. The van der Waals surface area contributed by atoms with Crippen molar-refractivity contribution in [2.24, 2.45) is 0 Å². The molecule has 1 aromatic rings. The van der Waals surface area contributed by atoms with E-state index in [4.69, 9.17) is 9.57 Å². The molecule has 0 aliphatic heterocycles. The smallest absolute Gasteiger partial charge is 0.248 e. The highest BCUT2D eigenvalue weighted by Crippen LogP contribution is 2.25. The maximum atomic E-state index is 11.7. The monoisotopic (exact) mass is 267 g/mol. The number of benzene rings is 1. The van der Waals surface area contributed by atoms with E-state index in [1.165, 1.54) is 14.2 Å². The van der Waals surface area contributed by atoms with Crippen LogP contribution in [-0.2, 0) is 16.1 Å². The van der Waals surface area contributed by atoms with Gasteiger partial charge in [-0.2, -0.15) is 0 Å². The average molecular weight is 267 g/mol. The predicted molar refractivity (Wildman–Crippen MR) is 71.7 cm³/mol. The second-order valence-corrected chi connectivity index (χ2v) is 4.22. The van der Waals surface area contributed by atoms with Gasteiger partial charge in [-0.25, -0.2) is 5.06 Å². The van der Waals surface area contributed by atoms with Crippen LogP contribution < -0.4 is 4.74 Å². The number of carbonyl (C=O) groups excluding carboxylic acids is 1. The van der Waals surface area contributed by atoms with Gasteiger partial charge in [0, 0.05) is 7.05 Å². The maximum absolute atomic E-state index is 11.7. The predicted octanol–water partition coefficient (Wildman–Crippen LogP) is 1.70. The molecule has 0 aliphatic carbocycles. The Morgan fingerprint density at radius 3 is 2.63 bits per heavy atom. The van der Waals surface area contributed by atoms with Crippen LogP contribution in [0.15, 0.2) is 18.2 Å². The van der Waals surface area contributed by atoms with Crippen LogP contribution in [0.3, 0.4) is 0 Å². The van der Waals surface area contributed by atoms with E-state index in [1.807, 2.05) is 19.1 Å². The van der Waals surface area contributed by atoms with E-state index < -0.39 is 6.10 Å². The number of rotatable bonds is 6. The number of aryl methyl sites for hydroxylation is 1. The summed E-state index contributed by atoms with van der Waals surface area (Å²) in [6.07, 6.45) is -0.0588. The molecule has 106 valence electrons. The number of hydroxylamine groups is 2. The molecule has 1 amide bonds. The first-order chi connectivity index (χ1) is 9.03. The highest BCUT2D eigenvalue weighted by molar-refractivity contribution is 5.75. The van der Waals surface area contributed by atoms with Gasteiger partial charge in [0.15, 0.2) is 0 Å². The van der Waals surface area contributed by atoms with E-state index >= 15 is 0 Å². The van der Waals surface area contributed by atoms with E-state index in [1.54, 1.807) is 13.2 Å². The summed E-state index contributed by atoms with van der Waals surface area (Å²) in [6.45, 7) is 2.01. The van der Waals surface area contributed by atoms with Crippen molar-refractivity contribution in [2.75, 3.05) is 21.3 Å². The van der Waals surface area contributed by atoms with Crippen molar-refractivity contribution >= 4 is 5.91 Å². The van der Waals surface area contributed by atoms with Crippen molar-refractivity contribution in [3.8, 4) is 5.75 Å². The summed E-state index contributed by atoms with van der Waals surface area (Å²) >= 11 is 0. The van der Waals surface area contributed by atoms with Gasteiger partial charge in [0.25, 0.3) is 0 Å². The lowest BCUT2D eigenvalue weighted by Gasteiger charge is -2.17. The first-order valence-electron chi connectivity index (χ1n) is 6.19. The summed E-state index contributed by atoms with van der Waals surface area (Å²) < 4.78 is 5.23. The Kier molecular flexibility index (Phi) is 5.79. The summed E-state index contributed by atoms with van der Waals surface area (Å²) in [5.41, 5.74) is 1.71. The molecule has 19 heavy (non-hydrogen) atoms. The Balaban J connectivity index is 2.82. The standard InChI is InChI=1S/C14H21NO4/c1-5-10-8-11(6-7-13(10)18-3)12(16)9-14(17)15(2)19-4/h6-8,12,16H,5,9H2,1-4H3. The molecule has 0 bridgehead atoms. The molecule has 0 radical (unpaired) electrons. The summed E-state index contributed by atoms with van der Waals surface area (Å²) in [5.74, 6) is 0.516. The molecule has 0 heterocycles. The molecule has 0 saturated heterocycles. The third-order valence-electron chi connectivity index (χ3n) is 3.06. The molecule has 0 aromatic heterocycles. The van der Waals surface area contributed by atoms with Gasteiger partial charge in [-0.1, -0.05) is 13.0 Å². The van der Waals surface area contributed by atoms with Crippen molar-refractivity contribution in [1.29, 1.82) is 0 Å². The van der Waals surface area contributed by atoms with E-state index in [0.29, 0.717) is 5.56 Å². The van der Waals surface area contributed by atoms with Gasteiger partial charge < -0.3 is 9.84 Å². The zero-order valence-electron chi connectivity index (χ0n) is 11.8. The number of carbonyl (C=O) groups is 1. The maximum Gasteiger partial charge on any atom is 0.248 e. The lowest BCUT2D eigenvalue weighted by Crippen LogP contribution is -2.26. The first kappa shape index (κ1) is 15.5. The van der Waals surface area contributed by atoms with Gasteiger partial charge in [-0.05, 0) is 29.7 Å². The van der Waals surface area contributed by atoms with Crippen LogP contribution in [-0.4, -0.2) is 37.3 Å². The van der Waals surface area contributed by atoms with E-state index in [0.717, 1.165) is 22.8 Å². The quantitative estimate of drug-likeness (QED) is 0.797. The van der Waals surface area contributed by atoms with Crippen LogP contribution in [0.2, 0.25) is 0 Å². The third kappa shape index (κ3) is 3.94. The highest BCUT2D eigenvalue weighted by atomic mass is 16.7. The van der Waals surface area contributed by atoms with Gasteiger partial charge in [-0.15, -0.1) is 0 Å². The molecule has 1 atom stereocenters. The number of ether oxygens (including phenoxy) is 1. The van der Waals surface area contributed by atoms with Crippen molar-refractivity contribution in [3.05, 3.63) is 29.3 Å². The number of aliphatic hydroxyl groups excluding tert-OH is 1. The van der Waals surface area contributed by atoms with Crippen molar-refractivity contribution < 1.29 is 19.5 Å². The summed E-state index contributed by atoms with van der Waals surface area (Å²) in [4.78, 5) is 16.4. The van der Waals surface area contributed by atoms with Crippen LogP contribution in [0, 0.1) is 0 Å². The van der Waals surface area contributed by atoms with E-state index in [2.05, 4.69) is 0 Å². The second kappa shape index (κ2) is 7.11. The number of methoxy groups -OCH3 is 1. The zero-order chi connectivity index (χ0) is 14.4. The Bertz CT molecular complexity index is 433. The number of nitrogens with zero attached hydrogens (tertiary/aromatic N) is 1. The zero-order valence-corrected chi connectivity index (χ0v) is 11.8. The fraction of sp³-hybridized carbons (Fsp3) is 0.500. The topological polar surface area (TPSA) is 59.0 Å². The Hall–Kier alpha value is -1.59.